The molecular formula is C16H24N2O2. The normalized spacial score (nSPS) is 17.4. The zero-order valence-corrected chi connectivity index (χ0v) is 12.3. The molecule has 1 aliphatic carbocycles. The first-order chi connectivity index (χ1) is 9.60. The van der Waals surface area contributed by atoms with Crippen molar-refractivity contribution in [3.8, 4) is 5.75 Å². The van der Waals surface area contributed by atoms with Crippen LogP contribution in [0.25, 0.3) is 0 Å². The third kappa shape index (κ3) is 4.23. The van der Waals surface area contributed by atoms with Crippen LogP contribution in [-0.4, -0.2) is 18.6 Å². The molecule has 2 rings (SSSR count). The SMILES string of the molecule is CCOc1ccc(C(C)NC(=O)CC(N)C2CC2)cc1. The number of benzene rings is 1. The lowest BCUT2D eigenvalue weighted by Crippen LogP contribution is -2.34. The maximum atomic E-state index is 11.9. The van der Waals surface area contributed by atoms with Crippen molar-refractivity contribution in [3.63, 3.8) is 0 Å². The Morgan fingerprint density at radius 3 is 2.60 bits per heavy atom. The Morgan fingerprint density at radius 1 is 1.40 bits per heavy atom. The van der Waals surface area contributed by atoms with Gasteiger partial charge in [-0.2, -0.15) is 0 Å². The number of ether oxygens (including phenoxy) is 1. The number of amides is 1. The first-order valence-electron chi connectivity index (χ1n) is 7.38. The summed E-state index contributed by atoms with van der Waals surface area (Å²) < 4.78 is 5.40. The van der Waals surface area contributed by atoms with Crippen LogP contribution in [-0.2, 0) is 4.79 Å². The van der Waals surface area contributed by atoms with Crippen LogP contribution in [0.5, 0.6) is 5.75 Å². The molecule has 0 saturated heterocycles. The second kappa shape index (κ2) is 6.75. The fourth-order valence-corrected chi connectivity index (χ4v) is 2.31. The maximum Gasteiger partial charge on any atom is 0.222 e. The van der Waals surface area contributed by atoms with Crippen molar-refractivity contribution in [2.75, 3.05) is 6.61 Å². The van der Waals surface area contributed by atoms with Crippen molar-refractivity contribution in [3.05, 3.63) is 29.8 Å². The predicted octanol–water partition coefficient (Wildman–Crippen LogP) is 2.39. The number of rotatable bonds is 7. The average Bonchev–Trinajstić information content (AvgIpc) is 3.24. The van der Waals surface area contributed by atoms with Crippen LogP contribution in [0.15, 0.2) is 24.3 Å². The van der Waals surface area contributed by atoms with Crippen molar-refractivity contribution >= 4 is 5.91 Å². The van der Waals surface area contributed by atoms with E-state index in [1.807, 2.05) is 38.1 Å². The maximum absolute atomic E-state index is 11.9. The highest BCUT2D eigenvalue weighted by Gasteiger charge is 2.30. The topological polar surface area (TPSA) is 64.3 Å². The standard InChI is InChI=1S/C16H24N2O2/c1-3-20-14-8-6-12(7-9-14)11(2)18-16(19)10-15(17)13-4-5-13/h6-9,11,13,15H,3-5,10,17H2,1-2H3,(H,18,19). The molecule has 1 amide bonds. The average molecular weight is 276 g/mol. The Bertz CT molecular complexity index is 440. The summed E-state index contributed by atoms with van der Waals surface area (Å²) in [5.41, 5.74) is 7.04. The van der Waals surface area contributed by atoms with Gasteiger partial charge in [-0.3, -0.25) is 4.79 Å². The summed E-state index contributed by atoms with van der Waals surface area (Å²) in [6.45, 7) is 4.60. The van der Waals surface area contributed by atoms with Crippen LogP contribution >= 0.6 is 0 Å². The van der Waals surface area contributed by atoms with Crippen molar-refractivity contribution < 1.29 is 9.53 Å². The molecule has 2 unspecified atom stereocenters. The first-order valence-corrected chi connectivity index (χ1v) is 7.38. The van der Waals surface area contributed by atoms with Gasteiger partial charge in [0.05, 0.1) is 12.6 Å². The summed E-state index contributed by atoms with van der Waals surface area (Å²) in [4.78, 5) is 11.9. The summed E-state index contributed by atoms with van der Waals surface area (Å²) >= 11 is 0. The zero-order valence-electron chi connectivity index (χ0n) is 12.3. The number of carbonyl (C=O) groups excluding carboxylic acids is 1. The Morgan fingerprint density at radius 2 is 2.05 bits per heavy atom. The van der Waals surface area contributed by atoms with Gasteiger partial charge in [-0.15, -0.1) is 0 Å². The Labute approximate surface area is 120 Å². The van der Waals surface area contributed by atoms with E-state index in [4.69, 9.17) is 10.5 Å². The predicted molar refractivity (Wildman–Crippen MR) is 79.5 cm³/mol. The molecule has 0 bridgehead atoms. The highest BCUT2D eigenvalue weighted by Crippen LogP contribution is 2.32. The second-order valence-electron chi connectivity index (χ2n) is 5.50. The van der Waals surface area contributed by atoms with Gasteiger partial charge >= 0.3 is 0 Å². The molecule has 110 valence electrons. The molecule has 1 aliphatic rings. The minimum atomic E-state index is -0.00965. The van der Waals surface area contributed by atoms with Crippen LogP contribution in [0.1, 0.15) is 44.7 Å². The summed E-state index contributed by atoms with van der Waals surface area (Å²) in [7, 11) is 0. The molecule has 0 aromatic heterocycles. The van der Waals surface area contributed by atoms with E-state index in [1.54, 1.807) is 0 Å². The van der Waals surface area contributed by atoms with Crippen LogP contribution in [0, 0.1) is 5.92 Å². The fourth-order valence-electron chi connectivity index (χ4n) is 2.31. The highest BCUT2D eigenvalue weighted by atomic mass is 16.5. The molecule has 0 heterocycles. The van der Waals surface area contributed by atoms with Gasteiger partial charge in [0.15, 0.2) is 0 Å². The van der Waals surface area contributed by atoms with E-state index in [0.717, 1.165) is 11.3 Å². The van der Waals surface area contributed by atoms with Gasteiger partial charge in [0.2, 0.25) is 5.91 Å². The molecule has 0 aliphatic heterocycles. The summed E-state index contributed by atoms with van der Waals surface area (Å²) in [5.74, 6) is 1.44. The van der Waals surface area contributed by atoms with Crippen molar-refractivity contribution in [1.29, 1.82) is 0 Å². The van der Waals surface area contributed by atoms with E-state index in [9.17, 15) is 4.79 Å². The lowest BCUT2D eigenvalue weighted by Gasteiger charge is -2.17. The first kappa shape index (κ1) is 14.9. The quantitative estimate of drug-likeness (QED) is 0.803. The molecule has 2 atom stereocenters. The number of nitrogens with two attached hydrogens (primary N) is 1. The van der Waals surface area contributed by atoms with E-state index in [-0.39, 0.29) is 18.0 Å². The Kier molecular flexibility index (Phi) is 5.01. The molecule has 20 heavy (non-hydrogen) atoms. The minimum absolute atomic E-state index is 0.00965. The van der Waals surface area contributed by atoms with Gasteiger partial charge < -0.3 is 15.8 Å². The summed E-state index contributed by atoms with van der Waals surface area (Å²) in [6, 6.07) is 7.83. The number of carbonyl (C=O) groups is 1. The molecule has 0 radical (unpaired) electrons. The minimum Gasteiger partial charge on any atom is -0.494 e. The second-order valence-corrected chi connectivity index (χ2v) is 5.50. The lowest BCUT2D eigenvalue weighted by molar-refractivity contribution is -0.122. The summed E-state index contributed by atoms with van der Waals surface area (Å²) in [5, 5.41) is 3.00. The lowest BCUT2D eigenvalue weighted by atomic mass is 10.1. The van der Waals surface area contributed by atoms with Crippen LogP contribution < -0.4 is 15.8 Å². The molecule has 1 aromatic carbocycles. The number of nitrogens with one attached hydrogen (secondary N) is 1. The third-order valence-corrected chi connectivity index (χ3v) is 3.72. The molecule has 4 heteroatoms. The third-order valence-electron chi connectivity index (χ3n) is 3.72. The van der Waals surface area contributed by atoms with Gasteiger partial charge in [0.25, 0.3) is 0 Å². The van der Waals surface area contributed by atoms with Crippen molar-refractivity contribution in [2.24, 2.45) is 11.7 Å². The van der Waals surface area contributed by atoms with Gasteiger partial charge in [0, 0.05) is 12.5 Å². The van der Waals surface area contributed by atoms with Gasteiger partial charge in [-0.25, -0.2) is 0 Å². The molecular weight excluding hydrogens is 252 g/mol. The zero-order chi connectivity index (χ0) is 14.5. The highest BCUT2D eigenvalue weighted by molar-refractivity contribution is 5.77. The van der Waals surface area contributed by atoms with Gasteiger partial charge in [0.1, 0.15) is 5.75 Å². The van der Waals surface area contributed by atoms with Crippen molar-refractivity contribution in [1.82, 2.24) is 5.32 Å². The fraction of sp³-hybridized carbons (Fsp3) is 0.562. The van der Waals surface area contributed by atoms with Crippen LogP contribution in [0.2, 0.25) is 0 Å². The number of hydrogen-bond acceptors (Lipinski definition) is 3. The van der Waals surface area contributed by atoms with Crippen LogP contribution in [0.3, 0.4) is 0 Å². The van der Waals surface area contributed by atoms with Gasteiger partial charge in [-0.1, -0.05) is 12.1 Å². The summed E-state index contributed by atoms with van der Waals surface area (Å²) in [6.07, 6.45) is 2.76. The monoisotopic (exact) mass is 276 g/mol. The molecule has 1 aromatic rings. The van der Waals surface area contributed by atoms with Crippen LogP contribution in [0.4, 0.5) is 0 Å². The van der Waals surface area contributed by atoms with Crippen molar-refractivity contribution in [2.45, 2.75) is 45.2 Å². The van der Waals surface area contributed by atoms with E-state index >= 15 is 0 Å². The smallest absolute Gasteiger partial charge is 0.222 e. The van der Waals surface area contributed by atoms with Gasteiger partial charge in [-0.05, 0) is 50.3 Å². The Balaban J connectivity index is 1.83. The number of hydrogen-bond donors (Lipinski definition) is 2. The van der Waals surface area contributed by atoms with E-state index in [2.05, 4.69) is 5.32 Å². The van der Waals surface area contributed by atoms with E-state index in [1.165, 1.54) is 12.8 Å². The molecule has 3 N–H and O–H groups in total. The molecule has 1 fully saturated rings. The molecule has 1 saturated carbocycles. The Hall–Kier alpha value is -1.55. The van der Waals surface area contributed by atoms with E-state index < -0.39 is 0 Å². The van der Waals surface area contributed by atoms with E-state index in [0.29, 0.717) is 18.9 Å². The largest absolute Gasteiger partial charge is 0.494 e. The molecule has 4 nitrogen and oxygen atoms in total. The molecule has 0 spiro atoms.